The molecule has 0 aliphatic heterocycles. The lowest BCUT2D eigenvalue weighted by Gasteiger charge is -2.20. The van der Waals surface area contributed by atoms with Gasteiger partial charge in [0.2, 0.25) is 8.32 Å². The fraction of sp³-hybridized carbons (Fsp3) is 0.846. The highest BCUT2D eigenvalue weighted by molar-refractivity contribution is 6.72. The van der Waals surface area contributed by atoms with E-state index in [1.807, 2.05) is 40.4 Å². The molecular formula is C13H27NO3Si. The van der Waals surface area contributed by atoms with E-state index in [4.69, 9.17) is 9.26 Å². The van der Waals surface area contributed by atoms with Crippen molar-refractivity contribution in [2.24, 2.45) is 5.16 Å². The molecule has 0 amide bonds. The number of carbonyl (C=O) groups is 1. The van der Waals surface area contributed by atoms with Gasteiger partial charge in [0.1, 0.15) is 5.60 Å². The molecule has 0 aliphatic carbocycles. The molecule has 0 aromatic heterocycles. The highest BCUT2D eigenvalue weighted by Gasteiger charge is 2.24. The van der Waals surface area contributed by atoms with Crippen molar-refractivity contribution in [2.75, 3.05) is 0 Å². The zero-order valence-electron chi connectivity index (χ0n) is 12.8. The normalized spacial score (nSPS) is 13.4. The van der Waals surface area contributed by atoms with Crippen molar-refractivity contribution in [2.45, 2.75) is 72.2 Å². The number of rotatable bonds is 6. The van der Waals surface area contributed by atoms with Crippen LogP contribution in [-0.4, -0.2) is 25.6 Å². The zero-order chi connectivity index (χ0) is 14.4. The quantitative estimate of drug-likeness (QED) is 0.421. The average Bonchev–Trinajstić information content (AvgIpc) is 2.13. The van der Waals surface area contributed by atoms with Crippen molar-refractivity contribution >= 4 is 20.0 Å². The van der Waals surface area contributed by atoms with Gasteiger partial charge in [0.15, 0.2) is 5.71 Å². The summed E-state index contributed by atoms with van der Waals surface area (Å²) in [6, 6.07) is 0. The molecule has 0 fully saturated rings. The van der Waals surface area contributed by atoms with Crippen LogP contribution in [-0.2, 0) is 14.1 Å². The molecule has 5 heteroatoms. The Hall–Kier alpha value is -0.843. The molecule has 0 rings (SSSR count). The second-order valence-electron chi connectivity index (χ2n) is 6.35. The van der Waals surface area contributed by atoms with Gasteiger partial charge in [-0.2, -0.15) is 0 Å². The molecule has 18 heavy (non-hydrogen) atoms. The highest BCUT2D eigenvalue weighted by Crippen LogP contribution is 2.11. The Balaban J connectivity index is 4.71. The number of carbonyl (C=O) groups excluding carboxylic acids is 1. The van der Waals surface area contributed by atoms with E-state index < -0.39 is 13.9 Å². The summed E-state index contributed by atoms with van der Waals surface area (Å²) in [6.07, 6.45) is 2.53. The van der Waals surface area contributed by atoms with E-state index in [1.54, 1.807) is 0 Å². The second-order valence-corrected chi connectivity index (χ2v) is 10.8. The van der Waals surface area contributed by atoms with Gasteiger partial charge >= 0.3 is 5.97 Å². The summed E-state index contributed by atoms with van der Waals surface area (Å²) in [5.41, 5.74) is 0.00545. The number of unbranched alkanes of at least 4 members (excludes halogenated alkanes) is 1. The second kappa shape index (κ2) is 6.92. The van der Waals surface area contributed by atoms with Gasteiger partial charge in [0.05, 0.1) is 0 Å². The van der Waals surface area contributed by atoms with Gasteiger partial charge in [0, 0.05) is 6.42 Å². The molecule has 0 aromatic rings. The monoisotopic (exact) mass is 273 g/mol. The summed E-state index contributed by atoms with van der Waals surface area (Å²) in [6.45, 7) is 13.7. The Labute approximate surface area is 112 Å². The molecule has 4 nitrogen and oxygen atoms in total. The van der Waals surface area contributed by atoms with Crippen molar-refractivity contribution in [1.82, 2.24) is 0 Å². The van der Waals surface area contributed by atoms with Crippen molar-refractivity contribution in [3.63, 3.8) is 0 Å². The number of nitrogens with zero attached hydrogens (tertiary/aromatic N) is 1. The Kier molecular flexibility index (Phi) is 6.60. The van der Waals surface area contributed by atoms with Crippen LogP contribution < -0.4 is 0 Å². The lowest BCUT2D eigenvalue weighted by Crippen LogP contribution is -2.33. The number of hydrogen-bond donors (Lipinski definition) is 0. The Morgan fingerprint density at radius 1 is 1.22 bits per heavy atom. The van der Waals surface area contributed by atoms with Crippen LogP contribution in [0.4, 0.5) is 0 Å². The van der Waals surface area contributed by atoms with Crippen LogP contribution >= 0.6 is 0 Å². The van der Waals surface area contributed by atoms with E-state index >= 15 is 0 Å². The summed E-state index contributed by atoms with van der Waals surface area (Å²) < 4.78 is 5.45. The minimum Gasteiger partial charge on any atom is -0.515 e. The van der Waals surface area contributed by atoms with Gasteiger partial charge in [-0.15, -0.1) is 0 Å². The van der Waals surface area contributed by atoms with Gasteiger partial charge in [-0.25, -0.2) is 4.79 Å². The van der Waals surface area contributed by atoms with Crippen LogP contribution in [0.25, 0.3) is 0 Å². The van der Waals surface area contributed by atoms with Gasteiger partial charge < -0.3 is 9.26 Å². The topological polar surface area (TPSA) is 47.9 Å². The summed E-state index contributed by atoms with van der Waals surface area (Å²) in [4.78, 5) is 17.3. The SMILES string of the molecule is CCCC/C(=N\OC(C)(C)C)C(=O)O[Si](C)(C)C. The average molecular weight is 273 g/mol. The first kappa shape index (κ1) is 17.2. The van der Waals surface area contributed by atoms with E-state index in [-0.39, 0.29) is 5.97 Å². The number of hydrogen-bond acceptors (Lipinski definition) is 4. The van der Waals surface area contributed by atoms with Gasteiger partial charge in [-0.1, -0.05) is 18.5 Å². The predicted molar refractivity (Wildman–Crippen MR) is 77.2 cm³/mol. The molecular weight excluding hydrogens is 246 g/mol. The molecule has 0 saturated heterocycles. The van der Waals surface area contributed by atoms with Gasteiger partial charge in [-0.05, 0) is 46.8 Å². The van der Waals surface area contributed by atoms with E-state index in [0.717, 1.165) is 12.8 Å². The largest absolute Gasteiger partial charge is 0.515 e. The zero-order valence-corrected chi connectivity index (χ0v) is 13.8. The third-order valence-corrected chi connectivity index (χ3v) is 2.63. The van der Waals surface area contributed by atoms with E-state index in [9.17, 15) is 4.79 Å². The minimum atomic E-state index is -1.88. The van der Waals surface area contributed by atoms with E-state index in [0.29, 0.717) is 12.1 Å². The third-order valence-electron chi connectivity index (χ3n) is 1.83. The highest BCUT2D eigenvalue weighted by atomic mass is 28.4. The standard InChI is InChI=1S/C13H27NO3Si/c1-8-9-10-11(14-17-13(2,3)4)12(15)16-18(5,6)7/h8-10H2,1-7H3/b14-11+. The molecule has 0 saturated carbocycles. The van der Waals surface area contributed by atoms with Crippen LogP contribution in [0.3, 0.4) is 0 Å². The Bertz CT molecular complexity index is 300. The molecule has 0 bridgehead atoms. The van der Waals surface area contributed by atoms with Crippen LogP contribution in [0.1, 0.15) is 47.0 Å². The summed E-state index contributed by atoms with van der Waals surface area (Å²) in [5.74, 6) is -0.327. The molecule has 0 unspecified atom stereocenters. The maximum Gasteiger partial charge on any atom is 0.342 e. The van der Waals surface area contributed by atoms with Gasteiger partial charge in [-0.3, -0.25) is 0 Å². The van der Waals surface area contributed by atoms with Crippen molar-refractivity contribution in [3.05, 3.63) is 0 Å². The van der Waals surface area contributed by atoms with Crippen molar-refractivity contribution in [3.8, 4) is 0 Å². The maximum atomic E-state index is 12.0. The first-order valence-corrected chi connectivity index (χ1v) is 9.94. The van der Waals surface area contributed by atoms with Crippen LogP contribution in [0.5, 0.6) is 0 Å². The molecule has 0 aromatic carbocycles. The van der Waals surface area contributed by atoms with Crippen LogP contribution in [0.2, 0.25) is 19.6 Å². The first-order chi connectivity index (χ1) is 8.05. The maximum absolute atomic E-state index is 12.0. The lowest BCUT2D eigenvalue weighted by atomic mass is 10.2. The summed E-state index contributed by atoms with van der Waals surface area (Å²) in [7, 11) is -1.88. The Morgan fingerprint density at radius 2 is 1.78 bits per heavy atom. The van der Waals surface area contributed by atoms with Crippen molar-refractivity contribution < 1.29 is 14.1 Å². The molecule has 0 aliphatic rings. The molecule has 0 atom stereocenters. The fourth-order valence-corrected chi connectivity index (χ4v) is 1.73. The predicted octanol–water partition coefficient (Wildman–Crippen LogP) is 3.73. The lowest BCUT2D eigenvalue weighted by molar-refractivity contribution is -0.128. The van der Waals surface area contributed by atoms with Crippen LogP contribution in [0, 0.1) is 0 Å². The number of oxime groups is 1. The van der Waals surface area contributed by atoms with Gasteiger partial charge in [0.25, 0.3) is 0 Å². The summed E-state index contributed by atoms with van der Waals surface area (Å²) >= 11 is 0. The van der Waals surface area contributed by atoms with E-state index in [1.165, 1.54) is 0 Å². The van der Waals surface area contributed by atoms with Crippen molar-refractivity contribution in [1.29, 1.82) is 0 Å². The molecule has 0 N–H and O–H groups in total. The molecule has 0 spiro atoms. The van der Waals surface area contributed by atoms with Crippen LogP contribution in [0.15, 0.2) is 5.16 Å². The minimum absolute atomic E-state index is 0.327. The Morgan fingerprint density at radius 3 is 2.17 bits per heavy atom. The first-order valence-electron chi connectivity index (χ1n) is 6.53. The molecule has 0 heterocycles. The summed E-state index contributed by atoms with van der Waals surface area (Å²) in [5, 5.41) is 3.98. The van der Waals surface area contributed by atoms with E-state index in [2.05, 4.69) is 12.1 Å². The molecule has 0 radical (unpaired) electrons. The fourth-order valence-electron chi connectivity index (χ4n) is 1.06. The third kappa shape index (κ3) is 9.21. The smallest absolute Gasteiger partial charge is 0.342 e. The molecule has 106 valence electrons.